The number of pyridine rings is 1. The highest BCUT2D eigenvalue weighted by Gasteiger charge is 2.49. The molecule has 0 amide bonds. The first kappa shape index (κ1) is 21.7. The molecule has 5 nitrogen and oxygen atoms in total. The molecule has 5 rings (SSSR count). The van der Waals surface area contributed by atoms with Gasteiger partial charge >= 0.3 is 5.69 Å². The first-order valence-corrected chi connectivity index (χ1v) is 11.7. The van der Waals surface area contributed by atoms with Crippen LogP contribution < -0.4 is 5.69 Å². The molecule has 0 spiro atoms. The zero-order valence-electron chi connectivity index (χ0n) is 20.4. The van der Waals surface area contributed by atoms with E-state index in [4.69, 9.17) is 4.98 Å². The molecule has 2 aliphatic carbocycles. The highest BCUT2D eigenvalue weighted by Crippen LogP contribution is 2.55. The van der Waals surface area contributed by atoms with Gasteiger partial charge in [0.25, 0.3) is 0 Å². The maximum atomic E-state index is 12.2. The Kier molecular flexibility index (Phi) is 4.59. The van der Waals surface area contributed by atoms with Crippen LogP contribution in [0.3, 0.4) is 0 Å². The molecule has 5 heteroatoms. The van der Waals surface area contributed by atoms with Gasteiger partial charge < -0.3 is 5.11 Å². The highest BCUT2D eigenvalue weighted by molar-refractivity contribution is 5.56. The minimum absolute atomic E-state index is 0.00557. The molecule has 3 aromatic rings. The second-order valence-electron chi connectivity index (χ2n) is 11.1. The average molecular weight is 444 g/mol. The number of aromatic nitrogens is 3. The first-order chi connectivity index (χ1) is 15.4. The van der Waals surface area contributed by atoms with Crippen LogP contribution in [0, 0.1) is 6.92 Å². The molecule has 0 aliphatic heterocycles. The average Bonchev–Trinajstić information content (AvgIpc) is 3.52. The summed E-state index contributed by atoms with van der Waals surface area (Å²) in [7, 11) is 1.63. The van der Waals surface area contributed by atoms with E-state index in [-0.39, 0.29) is 27.8 Å². The molecule has 0 radical (unpaired) electrons. The van der Waals surface area contributed by atoms with Crippen LogP contribution in [0.2, 0.25) is 0 Å². The van der Waals surface area contributed by atoms with Gasteiger partial charge in [-0.1, -0.05) is 58.0 Å². The SMILES string of the molecule is Cc1cc2c(cc1C1(c3ccc(Cn4c(O)cn(C)c4=O)cn3)CC1)C(C)(C)C=CC2(C)C. The molecule has 2 aliphatic rings. The minimum atomic E-state index is -0.237. The highest BCUT2D eigenvalue weighted by atomic mass is 16.3. The van der Waals surface area contributed by atoms with E-state index in [0.29, 0.717) is 6.54 Å². The number of aromatic hydroxyl groups is 1. The number of hydrogen-bond acceptors (Lipinski definition) is 3. The van der Waals surface area contributed by atoms with Crippen LogP contribution in [0.5, 0.6) is 5.88 Å². The van der Waals surface area contributed by atoms with Crippen molar-refractivity contribution in [2.24, 2.45) is 7.05 Å². The predicted octanol–water partition coefficient (Wildman–Crippen LogP) is 4.85. The third-order valence-corrected chi connectivity index (χ3v) is 7.71. The van der Waals surface area contributed by atoms with E-state index in [1.165, 1.54) is 37.6 Å². The zero-order valence-corrected chi connectivity index (χ0v) is 20.4. The fourth-order valence-electron chi connectivity index (χ4n) is 5.39. The summed E-state index contributed by atoms with van der Waals surface area (Å²) < 4.78 is 2.74. The predicted molar refractivity (Wildman–Crippen MR) is 131 cm³/mol. The normalized spacial score (nSPS) is 19.3. The van der Waals surface area contributed by atoms with Crippen LogP contribution in [0.4, 0.5) is 0 Å². The van der Waals surface area contributed by atoms with Gasteiger partial charge in [0, 0.05) is 29.5 Å². The molecule has 1 saturated carbocycles. The minimum Gasteiger partial charge on any atom is -0.493 e. The Hall–Kier alpha value is -3.08. The van der Waals surface area contributed by atoms with Crippen LogP contribution in [0.25, 0.3) is 0 Å². The van der Waals surface area contributed by atoms with Crippen LogP contribution >= 0.6 is 0 Å². The Morgan fingerprint density at radius 1 is 1.00 bits per heavy atom. The first-order valence-electron chi connectivity index (χ1n) is 11.7. The summed E-state index contributed by atoms with van der Waals surface area (Å²) >= 11 is 0. The van der Waals surface area contributed by atoms with Crippen molar-refractivity contribution < 1.29 is 5.11 Å². The zero-order chi connectivity index (χ0) is 23.8. The summed E-state index contributed by atoms with van der Waals surface area (Å²) in [6.07, 6.45) is 10.2. The quantitative estimate of drug-likeness (QED) is 0.587. The molecule has 0 atom stereocenters. The third-order valence-electron chi connectivity index (χ3n) is 7.71. The fourth-order valence-corrected chi connectivity index (χ4v) is 5.39. The fraction of sp³-hybridized carbons (Fsp3) is 0.429. The van der Waals surface area contributed by atoms with Crippen molar-refractivity contribution >= 4 is 0 Å². The Balaban J connectivity index is 1.51. The molecule has 1 fully saturated rings. The van der Waals surface area contributed by atoms with E-state index in [2.05, 4.69) is 65.0 Å². The monoisotopic (exact) mass is 443 g/mol. The van der Waals surface area contributed by atoms with E-state index in [9.17, 15) is 9.90 Å². The molecule has 0 saturated heterocycles. The van der Waals surface area contributed by atoms with Crippen molar-refractivity contribution in [1.29, 1.82) is 0 Å². The summed E-state index contributed by atoms with van der Waals surface area (Å²) in [5.74, 6) is -0.0329. The van der Waals surface area contributed by atoms with E-state index < -0.39 is 0 Å². The smallest absolute Gasteiger partial charge is 0.331 e. The Morgan fingerprint density at radius 3 is 2.15 bits per heavy atom. The molecule has 2 heterocycles. The molecule has 0 bridgehead atoms. The molecule has 33 heavy (non-hydrogen) atoms. The Bertz CT molecular complexity index is 1330. The van der Waals surface area contributed by atoms with Crippen LogP contribution in [0.15, 0.2) is 53.6 Å². The topological polar surface area (TPSA) is 60.0 Å². The maximum Gasteiger partial charge on any atom is 0.331 e. The molecule has 1 aromatic carbocycles. The van der Waals surface area contributed by atoms with Gasteiger partial charge in [-0.25, -0.2) is 4.79 Å². The van der Waals surface area contributed by atoms with E-state index >= 15 is 0 Å². The number of rotatable bonds is 4. The van der Waals surface area contributed by atoms with E-state index in [1.807, 2.05) is 12.3 Å². The maximum absolute atomic E-state index is 12.2. The van der Waals surface area contributed by atoms with Crippen molar-refractivity contribution in [2.45, 2.75) is 70.3 Å². The number of hydrogen-bond donors (Lipinski definition) is 1. The van der Waals surface area contributed by atoms with Gasteiger partial charge in [0.1, 0.15) is 0 Å². The van der Waals surface area contributed by atoms with Gasteiger partial charge in [0.05, 0.1) is 18.4 Å². The van der Waals surface area contributed by atoms with Gasteiger partial charge in [-0.15, -0.1) is 0 Å². The van der Waals surface area contributed by atoms with Crippen molar-refractivity contribution in [1.82, 2.24) is 14.1 Å². The molecule has 1 N–H and O–H groups in total. The summed E-state index contributed by atoms with van der Waals surface area (Å²) in [4.78, 5) is 17.1. The molecular weight excluding hydrogens is 410 g/mol. The van der Waals surface area contributed by atoms with Gasteiger partial charge in [-0.05, 0) is 53.6 Å². The molecule has 2 aromatic heterocycles. The number of imidazole rings is 1. The van der Waals surface area contributed by atoms with Gasteiger partial charge in [0.2, 0.25) is 5.88 Å². The lowest BCUT2D eigenvalue weighted by Gasteiger charge is -2.38. The summed E-state index contributed by atoms with van der Waals surface area (Å²) in [5, 5.41) is 10.0. The summed E-state index contributed by atoms with van der Waals surface area (Å²) in [5.41, 5.74) is 7.30. The van der Waals surface area contributed by atoms with Crippen molar-refractivity contribution in [3.8, 4) is 5.88 Å². The van der Waals surface area contributed by atoms with Gasteiger partial charge in [-0.3, -0.25) is 14.1 Å². The Labute approximate surface area is 195 Å². The molecular formula is C28H33N3O2. The number of nitrogens with zero attached hydrogens (tertiary/aromatic N) is 3. The molecule has 0 unspecified atom stereocenters. The largest absolute Gasteiger partial charge is 0.493 e. The van der Waals surface area contributed by atoms with Gasteiger partial charge in [0.15, 0.2) is 0 Å². The lowest BCUT2D eigenvalue weighted by Crippen LogP contribution is -2.30. The van der Waals surface area contributed by atoms with Crippen molar-refractivity contribution in [3.05, 3.63) is 92.8 Å². The van der Waals surface area contributed by atoms with Crippen LogP contribution in [-0.4, -0.2) is 19.2 Å². The second-order valence-corrected chi connectivity index (χ2v) is 11.1. The number of fused-ring (bicyclic) bond motifs is 1. The van der Waals surface area contributed by atoms with Gasteiger partial charge in [-0.2, -0.15) is 0 Å². The number of allylic oxidation sites excluding steroid dienone is 2. The summed E-state index contributed by atoms with van der Waals surface area (Å²) in [6.45, 7) is 11.7. The summed E-state index contributed by atoms with van der Waals surface area (Å²) in [6, 6.07) is 8.97. The third kappa shape index (κ3) is 3.36. The number of aryl methyl sites for hydroxylation is 2. The van der Waals surface area contributed by atoms with Crippen molar-refractivity contribution in [2.75, 3.05) is 0 Å². The lowest BCUT2D eigenvalue weighted by molar-refractivity contribution is 0.421. The van der Waals surface area contributed by atoms with Crippen LogP contribution in [0.1, 0.15) is 74.0 Å². The molecule has 172 valence electrons. The van der Waals surface area contributed by atoms with E-state index in [0.717, 1.165) is 24.1 Å². The van der Waals surface area contributed by atoms with E-state index in [1.54, 1.807) is 7.05 Å². The standard InChI is InChI=1S/C28H33N3O2/c1-18-13-21-22(27(4,5)10-9-26(21,2)3)14-20(18)28(11-12-28)23-8-7-19(15-29-23)16-31-24(32)17-30(6)25(31)33/h7-10,13-15,17,32H,11-12,16H2,1-6H3. The second kappa shape index (κ2) is 6.96. The lowest BCUT2D eigenvalue weighted by atomic mass is 9.66. The Morgan fingerprint density at radius 2 is 1.64 bits per heavy atom. The van der Waals surface area contributed by atoms with Crippen molar-refractivity contribution in [3.63, 3.8) is 0 Å². The number of benzene rings is 1. The van der Waals surface area contributed by atoms with Crippen LogP contribution in [-0.2, 0) is 29.8 Å².